The van der Waals surface area contributed by atoms with Crippen LogP contribution in [0.5, 0.6) is 5.75 Å². The van der Waals surface area contributed by atoms with Crippen molar-refractivity contribution in [2.75, 3.05) is 7.11 Å². The molecule has 0 saturated carbocycles. The lowest BCUT2D eigenvalue weighted by Gasteiger charge is -2.17. The minimum atomic E-state index is 0.539. The lowest BCUT2D eigenvalue weighted by atomic mass is 9.91. The Morgan fingerprint density at radius 3 is 2.38 bits per heavy atom. The van der Waals surface area contributed by atoms with E-state index in [2.05, 4.69) is 44.1 Å². The fourth-order valence-corrected chi connectivity index (χ4v) is 2.93. The number of oxime groups is 1. The van der Waals surface area contributed by atoms with Crippen LogP contribution in [-0.4, -0.2) is 18.5 Å². The normalized spacial score (nSPS) is 11.0. The molecule has 0 amide bonds. The molecule has 0 fully saturated rings. The molecule has 0 radical (unpaired) electrons. The molecule has 0 heterocycles. The summed E-state index contributed by atoms with van der Waals surface area (Å²) in [5, 5.41) is 11.7. The molecule has 2 rings (SSSR count). The van der Waals surface area contributed by atoms with E-state index in [0.29, 0.717) is 6.42 Å². The topological polar surface area (TPSA) is 41.8 Å². The molecule has 0 spiro atoms. The van der Waals surface area contributed by atoms with E-state index in [-0.39, 0.29) is 0 Å². The molecule has 0 bridgehead atoms. The largest absolute Gasteiger partial charge is 0.496 e. The molecule has 0 saturated heterocycles. The van der Waals surface area contributed by atoms with Gasteiger partial charge in [0.15, 0.2) is 0 Å². The summed E-state index contributed by atoms with van der Waals surface area (Å²) in [6.07, 6.45) is 2.01. The standard InChI is InChI=1S/C18H21NO2/c1-12-10-13(2)17(14(3)11-12)16-7-5-6-15(8-9-19-20)18(16)21-4/h5-7,9-11,20H,8H2,1-4H3. The summed E-state index contributed by atoms with van der Waals surface area (Å²) in [6, 6.07) is 10.4. The zero-order valence-corrected chi connectivity index (χ0v) is 13.0. The van der Waals surface area contributed by atoms with Gasteiger partial charge >= 0.3 is 0 Å². The second-order valence-corrected chi connectivity index (χ2v) is 5.27. The maximum Gasteiger partial charge on any atom is 0.130 e. The average molecular weight is 283 g/mol. The number of methoxy groups -OCH3 is 1. The fraction of sp³-hybridized carbons (Fsp3) is 0.278. The summed E-state index contributed by atoms with van der Waals surface area (Å²) in [4.78, 5) is 0. The van der Waals surface area contributed by atoms with Crippen molar-refractivity contribution in [3.63, 3.8) is 0 Å². The highest BCUT2D eigenvalue weighted by molar-refractivity contribution is 5.79. The van der Waals surface area contributed by atoms with Crippen molar-refractivity contribution in [2.24, 2.45) is 5.16 Å². The van der Waals surface area contributed by atoms with E-state index in [1.165, 1.54) is 28.5 Å². The van der Waals surface area contributed by atoms with Gasteiger partial charge in [0.25, 0.3) is 0 Å². The van der Waals surface area contributed by atoms with Crippen molar-refractivity contribution in [1.82, 2.24) is 0 Å². The predicted octanol–water partition coefficient (Wildman–Crippen LogP) is 4.29. The van der Waals surface area contributed by atoms with Gasteiger partial charge in [0.2, 0.25) is 0 Å². The van der Waals surface area contributed by atoms with Gasteiger partial charge < -0.3 is 9.94 Å². The molecule has 110 valence electrons. The van der Waals surface area contributed by atoms with E-state index in [1.807, 2.05) is 12.1 Å². The molecule has 3 heteroatoms. The third kappa shape index (κ3) is 3.07. The first-order chi connectivity index (χ1) is 10.1. The molecule has 3 nitrogen and oxygen atoms in total. The van der Waals surface area contributed by atoms with E-state index in [0.717, 1.165) is 16.9 Å². The van der Waals surface area contributed by atoms with Gasteiger partial charge in [0.05, 0.1) is 7.11 Å². The highest BCUT2D eigenvalue weighted by atomic mass is 16.5. The van der Waals surface area contributed by atoms with Gasteiger partial charge in [-0.05, 0) is 37.5 Å². The van der Waals surface area contributed by atoms with Gasteiger partial charge in [0, 0.05) is 23.8 Å². The number of benzene rings is 2. The maximum atomic E-state index is 8.62. The molecule has 21 heavy (non-hydrogen) atoms. The van der Waals surface area contributed by atoms with Crippen molar-refractivity contribution in [3.05, 3.63) is 52.6 Å². The van der Waals surface area contributed by atoms with Crippen LogP contribution < -0.4 is 4.74 Å². The summed E-state index contributed by atoms with van der Waals surface area (Å²) in [5.41, 5.74) is 7.03. The Morgan fingerprint density at radius 1 is 1.14 bits per heavy atom. The lowest BCUT2D eigenvalue weighted by Crippen LogP contribution is -1.98. The summed E-state index contributed by atoms with van der Waals surface area (Å²) < 4.78 is 5.62. The van der Waals surface area contributed by atoms with Crippen molar-refractivity contribution in [1.29, 1.82) is 0 Å². The zero-order chi connectivity index (χ0) is 15.4. The lowest BCUT2D eigenvalue weighted by molar-refractivity contribution is 0.320. The highest BCUT2D eigenvalue weighted by Gasteiger charge is 2.14. The number of hydrogen-bond donors (Lipinski definition) is 1. The van der Waals surface area contributed by atoms with Crippen molar-refractivity contribution in [3.8, 4) is 16.9 Å². The Kier molecular flexibility index (Phi) is 4.63. The van der Waals surface area contributed by atoms with Gasteiger partial charge in [0.1, 0.15) is 5.75 Å². The van der Waals surface area contributed by atoms with Crippen LogP contribution in [0.25, 0.3) is 11.1 Å². The molecule has 0 unspecified atom stereocenters. The van der Waals surface area contributed by atoms with Crippen LogP contribution in [0.2, 0.25) is 0 Å². The van der Waals surface area contributed by atoms with E-state index in [9.17, 15) is 0 Å². The van der Waals surface area contributed by atoms with E-state index < -0.39 is 0 Å². The van der Waals surface area contributed by atoms with Crippen molar-refractivity contribution in [2.45, 2.75) is 27.2 Å². The molecule has 0 atom stereocenters. The van der Waals surface area contributed by atoms with Gasteiger partial charge in [-0.3, -0.25) is 0 Å². The predicted molar refractivity (Wildman–Crippen MR) is 86.6 cm³/mol. The number of para-hydroxylation sites is 1. The van der Waals surface area contributed by atoms with Crippen LogP contribution in [0.4, 0.5) is 0 Å². The Labute approximate surface area is 125 Å². The quantitative estimate of drug-likeness (QED) is 0.516. The SMILES string of the molecule is COc1c(CC=NO)cccc1-c1c(C)cc(C)cc1C. The van der Waals surface area contributed by atoms with E-state index in [1.54, 1.807) is 7.11 Å². The first kappa shape index (κ1) is 15.1. The minimum Gasteiger partial charge on any atom is -0.496 e. The van der Waals surface area contributed by atoms with Crippen LogP contribution in [0.15, 0.2) is 35.5 Å². The summed E-state index contributed by atoms with van der Waals surface area (Å²) in [6.45, 7) is 6.35. The first-order valence-corrected chi connectivity index (χ1v) is 6.98. The van der Waals surface area contributed by atoms with Gasteiger partial charge in [-0.2, -0.15) is 0 Å². The highest BCUT2D eigenvalue weighted by Crippen LogP contribution is 2.37. The van der Waals surface area contributed by atoms with Crippen LogP contribution >= 0.6 is 0 Å². The second kappa shape index (κ2) is 6.44. The van der Waals surface area contributed by atoms with Crippen molar-refractivity contribution < 1.29 is 9.94 Å². The fourth-order valence-electron chi connectivity index (χ4n) is 2.93. The van der Waals surface area contributed by atoms with Gasteiger partial charge in [-0.25, -0.2) is 0 Å². The molecular weight excluding hydrogens is 262 g/mol. The summed E-state index contributed by atoms with van der Waals surface area (Å²) in [7, 11) is 1.68. The number of rotatable bonds is 4. The number of hydrogen-bond acceptors (Lipinski definition) is 3. The number of aryl methyl sites for hydroxylation is 3. The average Bonchev–Trinajstić information content (AvgIpc) is 2.44. The Balaban J connectivity index is 2.64. The van der Waals surface area contributed by atoms with Gasteiger partial charge in [-0.1, -0.05) is 35.9 Å². The smallest absolute Gasteiger partial charge is 0.130 e. The number of nitrogens with zero attached hydrogens (tertiary/aromatic N) is 1. The molecule has 0 aliphatic carbocycles. The Morgan fingerprint density at radius 2 is 1.81 bits per heavy atom. The number of ether oxygens (including phenoxy) is 1. The van der Waals surface area contributed by atoms with Crippen LogP contribution in [-0.2, 0) is 6.42 Å². The monoisotopic (exact) mass is 283 g/mol. The molecule has 2 aromatic carbocycles. The van der Waals surface area contributed by atoms with Crippen LogP contribution in [0, 0.1) is 20.8 Å². The van der Waals surface area contributed by atoms with Gasteiger partial charge in [-0.15, -0.1) is 5.16 Å². The molecule has 1 N–H and O–H groups in total. The van der Waals surface area contributed by atoms with Crippen molar-refractivity contribution >= 4 is 6.21 Å². The molecular formula is C18H21NO2. The second-order valence-electron chi connectivity index (χ2n) is 5.27. The molecule has 2 aromatic rings. The maximum absolute atomic E-state index is 8.62. The molecule has 0 aliphatic heterocycles. The first-order valence-electron chi connectivity index (χ1n) is 6.98. The van der Waals surface area contributed by atoms with E-state index >= 15 is 0 Å². The van der Waals surface area contributed by atoms with Crippen LogP contribution in [0.1, 0.15) is 22.3 Å². The summed E-state index contributed by atoms with van der Waals surface area (Å²) in [5.74, 6) is 0.840. The Bertz CT molecular complexity index is 652. The zero-order valence-electron chi connectivity index (χ0n) is 13.0. The molecule has 0 aliphatic rings. The van der Waals surface area contributed by atoms with Crippen LogP contribution in [0.3, 0.4) is 0 Å². The third-order valence-electron chi connectivity index (χ3n) is 3.64. The minimum absolute atomic E-state index is 0.539. The van der Waals surface area contributed by atoms with E-state index in [4.69, 9.17) is 9.94 Å². The third-order valence-corrected chi connectivity index (χ3v) is 3.64. The molecule has 0 aromatic heterocycles. The Hall–Kier alpha value is -2.29. The summed E-state index contributed by atoms with van der Waals surface area (Å²) >= 11 is 0.